The minimum Gasteiger partial charge on any atom is -0.343 e. The van der Waals surface area contributed by atoms with E-state index < -0.39 is 0 Å². The summed E-state index contributed by atoms with van der Waals surface area (Å²) in [6.07, 6.45) is 9.18. The molecule has 2 rings (SSSR count). The summed E-state index contributed by atoms with van der Waals surface area (Å²) in [6, 6.07) is 1.36. The Balaban J connectivity index is 1.72. The fraction of sp³-hybridized carbons (Fsp3) is 0.941. The van der Waals surface area contributed by atoms with Gasteiger partial charge in [0.05, 0.1) is 0 Å². The number of likely N-dealkylation sites (tertiary alicyclic amines) is 1. The highest BCUT2D eigenvalue weighted by atomic mass is 16.2. The number of carbonyl (C=O) groups excluding carboxylic acids is 1. The summed E-state index contributed by atoms with van der Waals surface area (Å²) in [6.45, 7) is 8.25. The predicted octanol–water partition coefficient (Wildman–Crippen LogP) is 3.19. The van der Waals surface area contributed by atoms with Crippen LogP contribution in [0.4, 0.5) is 0 Å². The maximum Gasteiger partial charge on any atom is 0.219 e. The lowest BCUT2D eigenvalue weighted by Crippen LogP contribution is -2.48. The van der Waals surface area contributed by atoms with E-state index in [2.05, 4.69) is 19.2 Å². The van der Waals surface area contributed by atoms with Gasteiger partial charge < -0.3 is 10.2 Å². The van der Waals surface area contributed by atoms with Crippen molar-refractivity contribution in [3.63, 3.8) is 0 Å². The Morgan fingerprint density at radius 1 is 1.15 bits per heavy atom. The van der Waals surface area contributed by atoms with E-state index in [1.165, 1.54) is 32.1 Å². The largest absolute Gasteiger partial charge is 0.343 e. The van der Waals surface area contributed by atoms with E-state index in [0.717, 1.165) is 43.8 Å². The van der Waals surface area contributed by atoms with Crippen molar-refractivity contribution in [2.75, 3.05) is 13.1 Å². The normalized spacial score (nSPS) is 28.9. The Morgan fingerprint density at radius 3 is 2.45 bits per heavy atom. The van der Waals surface area contributed by atoms with Crippen molar-refractivity contribution in [2.45, 2.75) is 77.8 Å². The van der Waals surface area contributed by atoms with Gasteiger partial charge in [-0.15, -0.1) is 0 Å². The molecule has 20 heavy (non-hydrogen) atoms. The average molecular weight is 280 g/mol. The molecular weight excluding hydrogens is 248 g/mol. The number of piperidine rings is 1. The molecule has 0 aromatic carbocycles. The van der Waals surface area contributed by atoms with Crippen molar-refractivity contribution in [1.29, 1.82) is 0 Å². The van der Waals surface area contributed by atoms with Crippen molar-refractivity contribution in [3.05, 3.63) is 0 Å². The zero-order valence-corrected chi connectivity index (χ0v) is 13.5. The van der Waals surface area contributed by atoms with Crippen molar-refractivity contribution >= 4 is 5.91 Å². The van der Waals surface area contributed by atoms with Crippen LogP contribution in [0.25, 0.3) is 0 Å². The van der Waals surface area contributed by atoms with E-state index >= 15 is 0 Å². The van der Waals surface area contributed by atoms with Crippen molar-refractivity contribution in [3.8, 4) is 0 Å². The summed E-state index contributed by atoms with van der Waals surface area (Å²) in [5, 5.41) is 3.88. The number of hydrogen-bond donors (Lipinski definition) is 1. The summed E-state index contributed by atoms with van der Waals surface area (Å²) in [5.41, 5.74) is 0. The third kappa shape index (κ3) is 4.76. The minimum absolute atomic E-state index is 0.234. The molecule has 1 N–H and O–H groups in total. The smallest absolute Gasteiger partial charge is 0.219 e. The zero-order valence-electron chi connectivity index (χ0n) is 13.5. The SMILES string of the molecule is CC(=O)N1CCC(NC2CCCC(CC(C)C)C2)CC1. The molecule has 2 atom stereocenters. The third-order valence-corrected chi connectivity index (χ3v) is 5.00. The fourth-order valence-electron chi connectivity index (χ4n) is 4.02. The van der Waals surface area contributed by atoms with Gasteiger partial charge in [0.15, 0.2) is 0 Å². The number of amides is 1. The van der Waals surface area contributed by atoms with E-state index in [4.69, 9.17) is 0 Å². The van der Waals surface area contributed by atoms with Gasteiger partial charge >= 0.3 is 0 Å². The van der Waals surface area contributed by atoms with Gasteiger partial charge in [-0.1, -0.05) is 26.7 Å². The van der Waals surface area contributed by atoms with Gasteiger partial charge in [-0.25, -0.2) is 0 Å². The first-order valence-corrected chi connectivity index (χ1v) is 8.56. The van der Waals surface area contributed by atoms with Crippen LogP contribution in [0, 0.1) is 11.8 Å². The first kappa shape index (κ1) is 15.8. The second-order valence-electron chi connectivity index (χ2n) is 7.31. The highest BCUT2D eigenvalue weighted by Crippen LogP contribution is 2.30. The van der Waals surface area contributed by atoms with Crippen LogP contribution in [0.2, 0.25) is 0 Å². The second-order valence-corrected chi connectivity index (χ2v) is 7.31. The lowest BCUT2D eigenvalue weighted by atomic mass is 9.80. The second kappa shape index (κ2) is 7.44. The lowest BCUT2D eigenvalue weighted by Gasteiger charge is -2.37. The van der Waals surface area contributed by atoms with Gasteiger partial charge in [0.2, 0.25) is 5.91 Å². The topological polar surface area (TPSA) is 32.3 Å². The van der Waals surface area contributed by atoms with Crippen LogP contribution in [0.1, 0.15) is 65.7 Å². The van der Waals surface area contributed by atoms with Crippen LogP contribution in [-0.2, 0) is 4.79 Å². The number of rotatable bonds is 4. The molecule has 1 saturated carbocycles. The van der Waals surface area contributed by atoms with Gasteiger partial charge in [-0.3, -0.25) is 4.79 Å². The van der Waals surface area contributed by atoms with Crippen molar-refractivity contribution in [2.24, 2.45) is 11.8 Å². The molecule has 2 aliphatic rings. The Bertz CT molecular complexity index is 308. The Morgan fingerprint density at radius 2 is 1.85 bits per heavy atom. The van der Waals surface area contributed by atoms with Crippen LogP contribution >= 0.6 is 0 Å². The fourth-order valence-corrected chi connectivity index (χ4v) is 4.02. The zero-order chi connectivity index (χ0) is 14.5. The molecule has 1 aliphatic heterocycles. The van der Waals surface area contributed by atoms with Crippen LogP contribution in [-0.4, -0.2) is 36.0 Å². The molecule has 0 spiro atoms. The third-order valence-electron chi connectivity index (χ3n) is 5.00. The molecule has 1 heterocycles. The molecule has 0 aromatic rings. The van der Waals surface area contributed by atoms with Gasteiger partial charge in [-0.05, 0) is 43.9 Å². The Hall–Kier alpha value is -0.570. The van der Waals surface area contributed by atoms with E-state index in [0.29, 0.717) is 6.04 Å². The molecule has 3 nitrogen and oxygen atoms in total. The lowest BCUT2D eigenvalue weighted by molar-refractivity contribution is -0.129. The molecule has 2 fully saturated rings. The van der Waals surface area contributed by atoms with Gasteiger partial charge in [0, 0.05) is 32.1 Å². The van der Waals surface area contributed by atoms with Crippen LogP contribution < -0.4 is 5.32 Å². The molecule has 116 valence electrons. The van der Waals surface area contributed by atoms with Gasteiger partial charge in [0.1, 0.15) is 0 Å². The quantitative estimate of drug-likeness (QED) is 0.857. The first-order valence-electron chi connectivity index (χ1n) is 8.56. The van der Waals surface area contributed by atoms with Crippen molar-refractivity contribution < 1.29 is 4.79 Å². The first-order chi connectivity index (χ1) is 9.54. The van der Waals surface area contributed by atoms with E-state index in [-0.39, 0.29) is 5.91 Å². The van der Waals surface area contributed by atoms with Crippen LogP contribution in [0.15, 0.2) is 0 Å². The van der Waals surface area contributed by atoms with Crippen LogP contribution in [0.5, 0.6) is 0 Å². The van der Waals surface area contributed by atoms with Gasteiger partial charge in [0.25, 0.3) is 0 Å². The number of carbonyl (C=O) groups is 1. The van der Waals surface area contributed by atoms with E-state index in [9.17, 15) is 4.79 Å². The predicted molar refractivity (Wildman–Crippen MR) is 83.6 cm³/mol. The summed E-state index contributed by atoms with van der Waals surface area (Å²) in [5.74, 6) is 1.99. The molecule has 3 heteroatoms. The summed E-state index contributed by atoms with van der Waals surface area (Å²) in [4.78, 5) is 13.3. The van der Waals surface area contributed by atoms with Crippen molar-refractivity contribution in [1.82, 2.24) is 10.2 Å². The summed E-state index contributed by atoms with van der Waals surface area (Å²) < 4.78 is 0. The molecule has 1 aliphatic carbocycles. The molecular formula is C17H32N2O. The molecule has 0 aromatic heterocycles. The maximum atomic E-state index is 11.3. The molecule has 0 bridgehead atoms. The molecule has 1 amide bonds. The monoisotopic (exact) mass is 280 g/mol. The minimum atomic E-state index is 0.234. The molecule has 2 unspecified atom stereocenters. The Labute approximate surface area is 124 Å². The highest BCUT2D eigenvalue weighted by molar-refractivity contribution is 5.73. The summed E-state index contributed by atoms with van der Waals surface area (Å²) in [7, 11) is 0. The Kier molecular flexibility index (Phi) is 5.88. The number of nitrogens with one attached hydrogen (secondary N) is 1. The number of nitrogens with zero attached hydrogens (tertiary/aromatic N) is 1. The van der Waals surface area contributed by atoms with Crippen LogP contribution in [0.3, 0.4) is 0 Å². The molecule has 0 radical (unpaired) electrons. The summed E-state index contributed by atoms with van der Waals surface area (Å²) >= 11 is 0. The highest BCUT2D eigenvalue weighted by Gasteiger charge is 2.26. The standard InChI is InChI=1S/C17H32N2O/c1-13(2)11-15-5-4-6-17(12-15)18-16-7-9-19(10-8-16)14(3)20/h13,15-18H,4-12H2,1-3H3. The average Bonchev–Trinajstić information content (AvgIpc) is 2.39. The maximum absolute atomic E-state index is 11.3. The van der Waals surface area contributed by atoms with Gasteiger partial charge in [-0.2, -0.15) is 0 Å². The number of hydrogen-bond acceptors (Lipinski definition) is 2. The molecule has 1 saturated heterocycles. The van der Waals surface area contributed by atoms with E-state index in [1.807, 2.05) is 4.90 Å². The van der Waals surface area contributed by atoms with E-state index in [1.54, 1.807) is 6.92 Å².